The second-order valence-corrected chi connectivity index (χ2v) is 6.18. The van der Waals surface area contributed by atoms with Crippen LogP contribution in [0.5, 0.6) is 11.5 Å². The van der Waals surface area contributed by atoms with Gasteiger partial charge in [-0.25, -0.2) is 0 Å². The van der Waals surface area contributed by atoms with E-state index in [2.05, 4.69) is 11.2 Å². The van der Waals surface area contributed by atoms with Gasteiger partial charge in [0.2, 0.25) is 0 Å². The molecule has 1 aliphatic heterocycles. The molecule has 142 valence electrons. The fraction of sp³-hybridized carbons (Fsp3) is 0.400. The third kappa shape index (κ3) is 5.92. The number of rotatable bonds is 8. The van der Waals surface area contributed by atoms with Gasteiger partial charge in [-0.2, -0.15) is 5.26 Å². The van der Waals surface area contributed by atoms with Crippen LogP contribution in [0.15, 0.2) is 17.7 Å². The van der Waals surface area contributed by atoms with Crippen molar-refractivity contribution in [2.75, 3.05) is 26.4 Å². The highest BCUT2D eigenvalue weighted by molar-refractivity contribution is 6.32. The van der Waals surface area contributed by atoms with Crippen molar-refractivity contribution < 1.29 is 19.0 Å². The van der Waals surface area contributed by atoms with Gasteiger partial charge in [0.15, 0.2) is 11.5 Å². The lowest BCUT2D eigenvalue weighted by atomic mass is 10.1. The predicted octanol–water partition coefficient (Wildman–Crippen LogP) is 2.95. The minimum Gasteiger partial charge on any atom is -0.490 e. The largest absolute Gasteiger partial charge is 0.490 e. The van der Waals surface area contributed by atoms with Crippen LogP contribution in [0.1, 0.15) is 25.3 Å². The molecule has 6 nitrogen and oxygen atoms in total. The molecule has 1 fully saturated rings. The third-order valence-electron chi connectivity index (χ3n) is 3.82. The van der Waals surface area contributed by atoms with Crippen molar-refractivity contribution in [1.29, 1.82) is 5.26 Å². The molecule has 1 saturated heterocycles. The number of nitrogens with zero attached hydrogens (tertiary/aromatic N) is 1. The quantitative estimate of drug-likeness (QED) is 0.420. The van der Waals surface area contributed by atoms with Crippen LogP contribution in [0.4, 0.5) is 0 Å². The highest BCUT2D eigenvalue weighted by Crippen LogP contribution is 2.37. The molecule has 7 heteroatoms. The minimum absolute atomic E-state index is 0.000445. The molecular weight excluding hydrogens is 368 g/mol. The summed E-state index contributed by atoms with van der Waals surface area (Å²) in [5, 5.41) is 12.3. The third-order valence-corrected chi connectivity index (χ3v) is 4.10. The maximum Gasteiger partial charge on any atom is 0.262 e. The number of carbonyl (C=O) groups is 1. The van der Waals surface area contributed by atoms with E-state index in [9.17, 15) is 10.1 Å². The van der Waals surface area contributed by atoms with Crippen molar-refractivity contribution >= 4 is 23.6 Å². The number of nitrogens with one attached hydrogen (secondary N) is 1. The van der Waals surface area contributed by atoms with Gasteiger partial charge < -0.3 is 19.5 Å². The van der Waals surface area contributed by atoms with E-state index in [0.29, 0.717) is 36.8 Å². The molecule has 1 N–H and O–H groups in total. The van der Waals surface area contributed by atoms with E-state index >= 15 is 0 Å². The summed E-state index contributed by atoms with van der Waals surface area (Å²) in [6, 6.07) is 5.14. The highest BCUT2D eigenvalue weighted by Gasteiger charge is 2.18. The summed E-state index contributed by atoms with van der Waals surface area (Å²) in [5.41, 5.74) is 0.504. The van der Waals surface area contributed by atoms with Gasteiger partial charge in [-0.1, -0.05) is 17.5 Å². The van der Waals surface area contributed by atoms with E-state index in [-0.39, 0.29) is 23.3 Å². The molecule has 1 unspecified atom stereocenters. The second kappa shape index (κ2) is 10.5. The van der Waals surface area contributed by atoms with Crippen LogP contribution in [0, 0.1) is 23.7 Å². The van der Waals surface area contributed by atoms with Gasteiger partial charge in [-0.05, 0) is 43.5 Å². The van der Waals surface area contributed by atoms with Crippen molar-refractivity contribution in [1.82, 2.24) is 5.32 Å². The Kier molecular flexibility index (Phi) is 8.00. The molecule has 0 bridgehead atoms. The molecule has 27 heavy (non-hydrogen) atoms. The molecule has 0 aliphatic carbocycles. The summed E-state index contributed by atoms with van der Waals surface area (Å²) >= 11 is 6.26. The lowest BCUT2D eigenvalue weighted by molar-refractivity contribution is -0.117. The van der Waals surface area contributed by atoms with Gasteiger partial charge in [-0.3, -0.25) is 4.79 Å². The van der Waals surface area contributed by atoms with Crippen LogP contribution < -0.4 is 14.8 Å². The van der Waals surface area contributed by atoms with E-state index in [1.165, 1.54) is 6.08 Å². The maximum absolute atomic E-state index is 12.3. The number of nitriles is 1. The van der Waals surface area contributed by atoms with Crippen LogP contribution >= 0.6 is 11.6 Å². The summed E-state index contributed by atoms with van der Waals surface area (Å²) in [5.74, 6) is 2.62. The van der Waals surface area contributed by atoms with Crippen LogP contribution in [0.25, 0.3) is 6.08 Å². The van der Waals surface area contributed by atoms with Crippen LogP contribution in [-0.4, -0.2) is 38.4 Å². The Labute approximate surface area is 164 Å². The molecular formula is C20H21ClN2O4. The van der Waals surface area contributed by atoms with Crippen molar-refractivity contribution in [3.8, 4) is 29.9 Å². The van der Waals surface area contributed by atoms with Crippen LogP contribution in [0.2, 0.25) is 5.02 Å². The van der Waals surface area contributed by atoms with Gasteiger partial charge in [0.25, 0.3) is 5.91 Å². The summed E-state index contributed by atoms with van der Waals surface area (Å²) in [7, 11) is 0. The number of hydrogen-bond acceptors (Lipinski definition) is 5. The van der Waals surface area contributed by atoms with Crippen LogP contribution in [0.3, 0.4) is 0 Å². The highest BCUT2D eigenvalue weighted by atomic mass is 35.5. The number of halogens is 1. The zero-order valence-electron chi connectivity index (χ0n) is 15.1. The van der Waals surface area contributed by atoms with E-state index in [4.69, 9.17) is 32.2 Å². The van der Waals surface area contributed by atoms with Crippen molar-refractivity contribution in [3.63, 3.8) is 0 Å². The average Bonchev–Trinajstić information content (AvgIpc) is 3.17. The van der Waals surface area contributed by atoms with Gasteiger partial charge in [0.1, 0.15) is 18.2 Å². The monoisotopic (exact) mass is 388 g/mol. The summed E-state index contributed by atoms with van der Waals surface area (Å²) in [4.78, 5) is 12.3. The predicted molar refractivity (Wildman–Crippen MR) is 103 cm³/mol. The first kappa shape index (κ1) is 20.6. The van der Waals surface area contributed by atoms with E-state index < -0.39 is 5.91 Å². The Morgan fingerprint density at radius 1 is 1.52 bits per heavy atom. The fourth-order valence-electron chi connectivity index (χ4n) is 2.61. The zero-order chi connectivity index (χ0) is 19.6. The Balaban J connectivity index is 2.19. The SMILES string of the molecule is C#CCOc1c(Cl)cc(C=C(C#N)C(=O)NCC2CCCO2)cc1OCC. The topological polar surface area (TPSA) is 80.6 Å². The van der Waals surface area contributed by atoms with Gasteiger partial charge in [-0.15, -0.1) is 6.42 Å². The standard InChI is InChI=1S/C20H21ClN2O4/c1-3-7-27-19-17(21)10-14(11-18(19)25-4-2)9-15(12-22)20(24)23-13-16-6-5-8-26-16/h1,9-11,16H,4-8,13H2,2H3,(H,23,24). The van der Waals surface area contributed by atoms with E-state index in [1.807, 2.05) is 13.0 Å². The summed E-state index contributed by atoms with van der Waals surface area (Å²) < 4.78 is 16.4. The normalized spacial score (nSPS) is 16.3. The van der Waals surface area contributed by atoms with Crippen molar-refractivity contribution in [3.05, 3.63) is 28.3 Å². The number of amides is 1. The molecule has 0 aromatic heterocycles. The Morgan fingerprint density at radius 2 is 2.33 bits per heavy atom. The molecule has 1 aromatic carbocycles. The van der Waals surface area contributed by atoms with Gasteiger partial charge >= 0.3 is 0 Å². The number of terminal acetylenes is 1. The first-order valence-electron chi connectivity index (χ1n) is 8.63. The van der Waals surface area contributed by atoms with Gasteiger partial charge in [0, 0.05) is 13.2 Å². The molecule has 0 spiro atoms. The zero-order valence-corrected chi connectivity index (χ0v) is 15.8. The number of benzene rings is 1. The molecule has 0 saturated carbocycles. The smallest absolute Gasteiger partial charge is 0.262 e. The Morgan fingerprint density at radius 3 is 2.96 bits per heavy atom. The summed E-state index contributed by atoms with van der Waals surface area (Å²) in [6.07, 6.45) is 8.54. The second-order valence-electron chi connectivity index (χ2n) is 5.77. The van der Waals surface area contributed by atoms with Crippen molar-refractivity contribution in [2.24, 2.45) is 0 Å². The number of carbonyl (C=O) groups excluding carboxylic acids is 1. The maximum atomic E-state index is 12.3. The molecule has 1 atom stereocenters. The molecule has 1 heterocycles. The molecule has 1 amide bonds. The lowest BCUT2D eigenvalue weighted by Crippen LogP contribution is -2.32. The molecule has 0 radical (unpaired) electrons. The Hall–Kier alpha value is -2.67. The average molecular weight is 389 g/mol. The van der Waals surface area contributed by atoms with E-state index in [0.717, 1.165) is 12.8 Å². The molecule has 2 rings (SSSR count). The number of hydrogen-bond donors (Lipinski definition) is 1. The van der Waals surface area contributed by atoms with Crippen molar-refractivity contribution in [2.45, 2.75) is 25.9 Å². The summed E-state index contributed by atoms with van der Waals surface area (Å²) in [6.45, 7) is 3.34. The van der Waals surface area contributed by atoms with E-state index in [1.54, 1.807) is 12.1 Å². The molecule has 1 aromatic rings. The lowest BCUT2D eigenvalue weighted by Gasteiger charge is -2.13. The fourth-order valence-corrected chi connectivity index (χ4v) is 2.88. The minimum atomic E-state index is -0.463. The number of ether oxygens (including phenoxy) is 3. The van der Waals surface area contributed by atoms with Crippen LogP contribution in [-0.2, 0) is 9.53 Å². The first-order valence-corrected chi connectivity index (χ1v) is 9.01. The van der Waals surface area contributed by atoms with Gasteiger partial charge in [0.05, 0.1) is 17.7 Å². The molecule has 1 aliphatic rings. The Bertz CT molecular complexity index is 786. The first-order chi connectivity index (χ1) is 13.1.